The Labute approximate surface area is 125 Å². The predicted molar refractivity (Wildman–Crippen MR) is 79.8 cm³/mol. The lowest BCUT2D eigenvalue weighted by Crippen LogP contribution is -2.52. The number of nitrogens with one attached hydrogen (secondary N) is 1. The average Bonchev–Trinajstić information content (AvgIpc) is 2.42. The Kier molecular flexibility index (Phi) is 5.78. The van der Waals surface area contributed by atoms with Crippen molar-refractivity contribution < 1.29 is 9.13 Å². The molecule has 2 unspecified atom stereocenters. The molecule has 0 aliphatic carbocycles. The van der Waals surface area contributed by atoms with Gasteiger partial charge in [0.2, 0.25) is 0 Å². The van der Waals surface area contributed by atoms with Crippen molar-refractivity contribution in [1.82, 2.24) is 10.2 Å². The molecule has 1 aliphatic rings. The highest BCUT2D eigenvalue weighted by molar-refractivity contribution is 6.30. The van der Waals surface area contributed by atoms with Crippen LogP contribution in [-0.4, -0.2) is 50.3 Å². The number of hydrogen-bond donors (Lipinski definition) is 1. The molecule has 0 amide bonds. The molecule has 0 spiro atoms. The molecule has 1 heterocycles. The Morgan fingerprint density at radius 2 is 2.35 bits per heavy atom. The Bertz CT molecular complexity index is 444. The van der Waals surface area contributed by atoms with Gasteiger partial charge in [-0.05, 0) is 37.7 Å². The molecule has 2 rings (SSSR count). The van der Waals surface area contributed by atoms with E-state index in [1.807, 2.05) is 0 Å². The zero-order chi connectivity index (χ0) is 14.5. The van der Waals surface area contributed by atoms with Crippen molar-refractivity contribution in [3.63, 3.8) is 0 Å². The minimum absolute atomic E-state index is 0.150. The van der Waals surface area contributed by atoms with Crippen molar-refractivity contribution in [3.8, 4) is 0 Å². The Morgan fingerprint density at radius 1 is 1.55 bits per heavy atom. The fraction of sp³-hybridized carbons (Fsp3) is 0.600. The van der Waals surface area contributed by atoms with Gasteiger partial charge in [0.15, 0.2) is 0 Å². The van der Waals surface area contributed by atoms with Crippen LogP contribution < -0.4 is 5.32 Å². The van der Waals surface area contributed by atoms with E-state index in [1.54, 1.807) is 12.1 Å². The number of hydrogen-bond acceptors (Lipinski definition) is 3. The molecular formula is C15H22ClFN2O. The van der Waals surface area contributed by atoms with Gasteiger partial charge in [-0.25, -0.2) is 4.39 Å². The van der Waals surface area contributed by atoms with Crippen LogP contribution >= 0.6 is 11.6 Å². The molecule has 0 bridgehead atoms. The molecule has 1 saturated heterocycles. The molecule has 3 nitrogen and oxygen atoms in total. The number of halogens is 2. The lowest BCUT2D eigenvalue weighted by Gasteiger charge is -2.35. The third-order valence-electron chi connectivity index (χ3n) is 3.65. The zero-order valence-electron chi connectivity index (χ0n) is 12.0. The van der Waals surface area contributed by atoms with E-state index in [-0.39, 0.29) is 23.0 Å². The van der Waals surface area contributed by atoms with E-state index in [2.05, 4.69) is 24.2 Å². The molecule has 1 aliphatic heterocycles. The summed E-state index contributed by atoms with van der Waals surface area (Å²) in [4.78, 5) is 2.27. The maximum Gasteiger partial charge on any atom is 0.141 e. The summed E-state index contributed by atoms with van der Waals surface area (Å²) in [5.74, 6) is -0.371. The SMILES string of the molecule is CCNC(Cc1ccc(F)c(Cl)c1)C1CN(C)CCO1. The second-order valence-electron chi connectivity index (χ2n) is 5.29. The smallest absolute Gasteiger partial charge is 0.141 e. The lowest BCUT2D eigenvalue weighted by atomic mass is 10.00. The molecule has 0 aromatic heterocycles. The van der Waals surface area contributed by atoms with Gasteiger partial charge in [-0.3, -0.25) is 0 Å². The summed E-state index contributed by atoms with van der Waals surface area (Å²) in [6, 6.07) is 5.13. The largest absolute Gasteiger partial charge is 0.374 e. The first-order valence-electron chi connectivity index (χ1n) is 7.07. The van der Waals surface area contributed by atoms with Crippen molar-refractivity contribution in [3.05, 3.63) is 34.6 Å². The normalized spacial score (nSPS) is 21.9. The second kappa shape index (κ2) is 7.36. The summed E-state index contributed by atoms with van der Waals surface area (Å²) < 4.78 is 19.1. The number of ether oxygens (including phenoxy) is 1. The van der Waals surface area contributed by atoms with Crippen LogP contribution in [0.3, 0.4) is 0 Å². The van der Waals surface area contributed by atoms with Gasteiger partial charge in [-0.2, -0.15) is 0 Å². The minimum Gasteiger partial charge on any atom is -0.374 e. The minimum atomic E-state index is -0.371. The Morgan fingerprint density at radius 3 is 3.00 bits per heavy atom. The first-order chi connectivity index (χ1) is 9.60. The highest BCUT2D eigenvalue weighted by Crippen LogP contribution is 2.19. The Hall–Kier alpha value is -0.680. The highest BCUT2D eigenvalue weighted by atomic mass is 35.5. The molecule has 1 N–H and O–H groups in total. The third-order valence-corrected chi connectivity index (χ3v) is 3.94. The van der Waals surface area contributed by atoms with E-state index < -0.39 is 0 Å². The van der Waals surface area contributed by atoms with E-state index in [9.17, 15) is 4.39 Å². The molecule has 20 heavy (non-hydrogen) atoms. The fourth-order valence-corrected chi connectivity index (χ4v) is 2.78. The quantitative estimate of drug-likeness (QED) is 0.903. The maximum absolute atomic E-state index is 13.2. The average molecular weight is 301 g/mol. The number of rotatable bonds is 5. The summed E-state index contributed by atoms with van der Waals surface area (Å²) in [7, 11) is 2.10. The number of morpholine rings is 1. The van der Waals surface area contributed by atoms with Gasteiger partial charge in [0.05, 0.1) is 17.7 Å². The number of benzene rings is 1. The molecule has 1 aromatic carbocycles. The zero-order valence-corrected chi connectivity index (χ0v) is 12.8. The molecule has 112 valence electrons. The van der Waals surface area contributed by atoms with Gasteiger partial charge >= 0.3 is 0 Å². The van der Waals surface area contributed by atoms with E-state index in [0.717, 1.165) is 38.2 Å². The summed E-state index contributed by atoms with van der Waals surface area (Å²) in [6.45, 7) is 5.60. The van der Waals surface area contributed by atoms with Crippen LogP contribution in [0.5, 0.6) is 0 Å². The van der Waals surface area contributed by atoms with Crippen molar-refractivity contribution >= 4 is 11.6 Å². The molecule has 5 heteroatoms. The van der Waals surface area contributed by atoms with Gasteiger partial charge in [0.1, 0.15) is 5.82 Å². The van der Waals surface area contributed by atoms with Crippen molar-refractivity contribution in [2.75, 3.05) is 33.3 Å². The van der Waals surface area contributed by atoms with Gasteiger partial charge in [0.25, 0.3) is 0 Å². The van der Waals surface area contributed by atoms with Crippen molar-refractivity contribution in [1.29, 1.82) is 0 Å². The maximum atomic E-state index is 13.2. The van der Waals surface area contributed by atoms with Crippen molar-refractivity contribution in [2.45, 2.75) is 25.5 Å². The summed E-state index contributed by atoms with van der Waals surface area (Å²) in [5, 5.41) is 3.65. The Balaban J connectivity index is 2.06. The second-order valence-corrected chi connectivity index (χ2v) is 5.70. The first kappa shape index (κ1) is 15.7. The first-order valence-corrected chi connectivity index (χ1v) is 7.45. The van der Waals surface area contributed by atoms with Crippen LogP contribution in [0.4, 0.5) is 4.39 Å². The van der Waals surface area contributed by atoms with Gasteiger partial charge < -0.3 is 15.0 Å². The highest BCUT2D eigenvalue weighted by Gasteiger charge is 2.26. The summed E-state index contributed by atoms with van der Waals surface area (Å²) in [6.07, 6.45) is 0.935. The monoisotopic (exact) mass is 300 g/mol. The molecule has 0 saturated carbocycles. The van der Waals surface area contributed by atoms with Gasteiger partial charge in [-0.15, -0.1) is 0 Å². The van der Waals surface area contributed by atoms with Crippen LogP contribution in [-0.2, 0) is 11.2 Å². The van der Waals surface area contributed by atoms with E-state index >= 15 is 0 Å². The van der Waals surface area contributed by atoms with Crippen LogP contribution in [0.1, 0.15) is 12.5 Å². The molecule has 1 fully saturated rings. The predicted octanol–water partition coefficient (Wildman–Crippen LogP) is 2.33. The van der Waals surface area contributed by atoms with Crippen LogP contribution in [0.15, 0.2) is 18.2 Å². The van der Waals surface area contributed by atoms with Crippen LogP contribution in [0.2, 0.25) is 5.02 Å². The molecule has 1 aromatic rings. The fourth-order valence-electron chi connectivity index (χ4n) is 2.57. The topological polar surface area (TPSA) is 24.5 Å². The van der Waals surface area contributed by atoms with Crippen LogP contribution in [0.25, 0.3) is 0 Å². The summed E-state index contributed by atoms with van der Waals surface area (Å²) in [5.41, 5.74) is 1.03. The van der Waals surface area contributed by atoms with Crippen molar-refractivity contribution in [2.24, 2.45) is 0 Å². The third kappa shape index (κ3) is 4.16. The molecule has 0 radical (unpaired) electrons. The van der Waals surface area contributed by atoms with Crippen LogP contribution in [0, 0.1) is 5.82 Å². The summed E-state index contributed by atoms with van der Waals surface area (Å²) >= 11 is 5.85. The van der Waals surface area contributed by atoms with Gasteiger partial charge in [-0.1, -0.05) is 24.6 Å². The molecular weight excluding hydrogens is 279 g/mol. The van der Waals surface area contributed by atoms with E-state index in [0.29, 0.717) is 0 Å². The number of likely N-dealkylation sites (N-methyl/N-ethyl adjacent to an activating group) is 2. The van der Waals surface area contributed by atoms with E-state index in [1.165, 1.54) is 6.07 Å². The lowest BCUT2D eigenvalue weighted by molar-refractivity contribution is -0.0381. The number of nitrogens with zero attached hydrogens (tertiary/aromatic N) is 1. The van der Waals surface area contributed by atoms with E-state index in [4.69, 9.17) is 16.3 Å². The van der Waals surface area contributed by atoms with Gasteiger partial charge in [0, 0.05) is 19.1 Å². The molecule has 2 atom stereocenters. The standard InChI is InChI=1S/C15H22ClFN2O/c1-3-18-14(15-10-19(2)6-7-20-15)9-11-4-5-13(17)12(16)8-11/h4-5,8,14-15,18H,3,6-7,9-10H2,1-2H3.